The topological polar surface area (TPSA) is 237 Å². The predicted octanol–water partition coefficient (Wildman–Crippen LogP) is 24.3. The van der Waals surface area contributed by atoms with Crippen LogP contribution in [0.25, 0.3) is 0 Å². The van der Waals surface area contributed by atoms with Crippen molar-refractivity contribution in [3.05, 3.63) is 182 Å². The lowest BCUT2D eigenvalue weighted by Crippen LogP contribution is -2.30. The molecule has 5 unspecified atom stereocenters. The van der Waals surface area contributed by atoms with Gasteiger partial charge in [0.2, 0.25) is 0 Å². The molecule has 0 rings (SSSR count). The van der Waals surface area contributed by atoms with Crippen LogP contribution in [0.1, 0.15) is 297 Å². The Morgan fingerprint density at radius 3 is 0.787 bits per heavy atom. The minimum Gasteiger partial charge on any atom is -0.462 e. The van der Waals surface area contributed by atoms with Crippen molar-refractivity contribution in [2.24, 2.45) is 0 Å². The van der Waals surface area contributed by atoms with E-state index in [2.05, 4.69) is 198 Å². The summed E-state index contributed by atoms with van der Waals surface area (Å²) in [6.45, 7) is 4.37. The van der Waals surface area contributed by atoms with Gasteiger partial charge in [0.15, 0.2) is 12.2 Å². The molecule has 0 aliphatic carbocycles. The van der Waals surface area contributed by atoms with Gasteiger partial charge in [-0.3, -0.25) is 37.3 Å². The number of hydrogen-bond acceptors (Lipinski definition) is 15. The lowest BCUT2D eigenvalue weighted by atomic mass is 10.1. The van der Waals surface area contributed by atoms with Crippen molar-refractivity contribution in [2.75, 3.05) is 39.6 Å². The molecule has 108 heavy (non-hydrogen) atoms. The Morgan fingerprint density at radius 2 is 0.491 bits per heavy atom. The lowest BCUT2D eigenvalue weighted by molar-refractivity contribution is -0.161. The number of phosphoric ester groups is 2. The van der Waals surface area contributed by atoms with E-state index in [0.717, 1.165) is 193 Å². The van der Waals surface area contributed by atoms with E-state index in [1.807, 2.05) is 12.2 Å². The fraction of sp³-hybridized carbons (Fsp3) is 0.618. The molecule has 0 aliphatic heterocycles. The van der Waals surface area contributed by atoms with Crippen molar-refractivity contribution in [3.63, 3.8) is 0 Å². The molecule has 0 bridgehead atoms. The maximum absolute atomic E-state index is 13.1. The van der Waals surface area contributed by atoms with Crippen molar-refractivity contribution in [1.82, 2.24) is 0 Å². The second-order valence-corrected chi connectivity index (χ2v) is 29.5. The molecular formula is C89H144O17P2. The van der Waals surface area contributed by atoms with Crippen molar-refractivity contribution in [1.29, 1.82) is 0 Å². The van der Waals surface area contributed by atoms with Gasteiger partial charge in [-0.2, -0.15) is 0 Å². The first-order valence-electron chi connectivity index (χ1n) is 41.0. The molecule has 0 radical (unpaired) electrons. The zero-order valence-electron chi connectivity index (χ0n) is 66.9. The van der Waals surface area contributed by atoms with Gasteiger partial charge >= 0.3 is 39.5 Å². The van der Waals surface area contributed by atoms with Crippen molar-refractivity contribution < 1.29 is 80.2 Å². The zero-order chi connectivity index (χ0) is 78.9. The Balaban J connectivity index is 5.49. The number of aliphatic hydroxyl groups is 1. The molecule has 3 N–H and O–H groups in total. The molecule has 19 heteroatoms. The van der Waals surface area contributed by atoms with Gasteiger partial charge in [0.05, 0.1) is 26.4 Å². The first-order chi connectivity index (χ1) is 52.7. The van der Waals surface area contributed by atoms with Gasteiger partial charge in [0.25, 0.3) is 0 Å². The predicted molar refractivity (Wildman–Crippen MR) is 445 cm³/mol. The van der Waals surface area contributed by atoms with Crippen LogP contribution in [0.2, 0.25) is 0 Å². The number of rotatable bonds is 75. The SMILES string of the molecule is CC/C=C\C/C=C\C/C=C\C/C=C\C/C=C\CCCCCC(=O)OCC(COP(=O)(O)OCC(O)COP(=O)(O)OCC(COC(=O)CCCCCCCCC/C=C\C/C=C\C/C=C\CC)OC(=O)CCCCCCC/C=C\C/C=C\CCCCC)OC(=O)CCC/C=C\C/C=C\C/C=C\C/C=C\C/C=C\CC. The molecular weight excluding hydrogens is 1400 g/mol. The van der Waals surface area contributed by atoms with Crippen LogP contribution in [0.3, 0.4) is 0 Å². The number of carbonyl (C=O) groups excluding carboxylic acids is 4. The van der Waals surface area contributed by atoms with Gasteiger partial charge in [-0.15, -0.1) is 0 Å². The third-order valence-electron chi connectivity index (χ3n) is 16.3. The Hall–Kier alpha value is -5.84. The van der Waals surface area contributed by atoms with Gasteiger partial charge < -0.3 is 33.8 Å². The summed E-state index contributed by atoms with van der Waals surface area (Å²) < 4.78 is 68.6. The van der Waals surface area contributed by atoms with E-state index in [0.29, 0.717) is 32.1 Å². The minimum atomic E-state index is -5.01. The van der Waals surface area contributed by atoms with Gasteiger partial charge in [-0.25, -0.2) is 9.13 Å². The molecule has 0 aromatic rings. The van der Waals surface area contributed by atoms with E-state index in [9.17, 15) is 43.2 Å². The summed E-state index contributed by atoms with van der Waals surface area (Å²) >= 11 is 0. The summed E-state index contributed by atoms with van der Waals surface area (Å²) in [6.07, 6.45) is 95.8. The number of ether oxygens (including phenoxy) is 4. The molecule has 0 aromatic heterocycles. The standard InChI is InChI=1S/C89H144O17P2/c1-5-9-13-17-21-25-29-33-37-40-41-44-47-50-54-58-62-66-70-74-87(92)100-80-85(106-89(94)76-72-68-64-60-56-52-48-43-39-35-31-27-23-19-15-11-7-3)82-104-108(97,98)102-78-83(90)77-101-107(95,96)103-81-84(105-88(93)75-71-67-63-59-55-51-45-36-32-28-24-20-16-12-8-4)79-99-86(91)73-69-65-61-57-53-49-46-42-38-34-30-26-22-18-14-10-6-2/h9-11,13-15,21-28,33-39,41,44-45,48,50,52,54,60,64,83-85,90H,5-8,12,16-20,29-32,40,42-43,46-47,49,51,53,55-59,61-63,65-82H2,1-4H3,(H,95,96)(H,97,98)/b13-9-,14-10-,15-11-,25-21-,26-22-,27-23-,28-24-,37-33-,38-34-,39-35-,44-41-,45-36-,52-48-,54-50-,64-60-. The monoisotopic (exact) mass is 1550 g/mol. The molecule has 0 amide bonds. The number of allylic oxidation sites excluding steroid dienone is 30. The van der Waals surface area contributed by atoms with E-state index < -0.39 is 97.5 Å². The number of carbonyl (C=O) groups is 4. The molecule has 0 aromatic carbocycles. The second kappa shape index (κ2) is 79.3. The summed E-state index contributed by atoms with van der Waals surface area (Å²) in [5.74, 6) is -2.32. The number of hydrogen-bond donors (Lipinski definition) is 3. The van der Waals surface area contributed by atoms with E-state index in [1.54, 1.807) is 0 Å². The maximum atomic E-state index is 13.1. The molecule has 5 atom stereocenters. The smallest absolute Gasteiger partial charge is 0.462 e. The Labute approximate surface area is 654 Å². The maximum Gasteiger partial charge on any atom is 0.472 e. The van der Waals surface area contributed by atoms with Gasteiger partial charge in [0.1, 0.15) is 19.3 Å². The van der Waals surface area contributed by atoms with Crippen LogP contribution in [0.4, 0.5) is 0 Å². The first kappa shape index (κ1) is 102. The number of esters is 4. The normalized spacial score (nSPS) is 14.8. The lowest BCUT2D eigenvalue weighted by Gasteiger charge is -2.21. The van der Waals surface area contributed by atoms with Crippen LogP contribution in [-0.2, 0) is 65.4 Å². The summed E-state index contributed by atoms with van der Waals surface area (Å²) in [5.41, 5.74) is 0. The molecule has 0 fully saturated rings. The van der Waals surface area contributed by atoms with Crippen LogP contribution in [-0.4, -0.2) is 96.7 Å². The van der Waals surface area contributed by atoms with Crippen LogP contribution in [0, 0.1) is 0 Å². The summed E-state index contributed by atoms with van der Waals surface area (Å²) in [5, 5.41) is 10.7. The highest BCUT2D eigenvalue weighted by molar-refractivity contribution is 7.47. The molecule has 17 nitrogen and oxygen atoms in total. The largest absolute Gasteiger partial charge is 0.472 e. The van der Waals surface area contributed by atoms with Crippen LogP contribution >= 0.6 is 15.6 Å². The highest BCUT2D eigenvalue weighted by atomic mass is 31.2. The number of aliphatic hydroxyl groups excluding tert-OH is 1. The van der Waals surface area contributed by atoms with Crippen molar-refractivity contribution in [3.8, 4) is 0 Å². The molecule has 0 heterocycles. The summed E-state index contributed by atoms with van der Waals surface area (Å²) in [4.78, 5) is 73.1. The average molecular weight is 1550 g/mol. The van der Waals surface area contributed by atoms with Gasteiger partial charge in [-0.1, -0.05) is 281 Å². The summed E-state index contributed by atoms with van der Waals surface area (Å²) in [7, 11) is -10.0. The van der Waals surface area contributed by atoms with E-state index >= 15 is 0 Å². The highest BCUT2D eigenvalue weighted by Crippen LogP contribution is 2.45. The van der Waals surface area contributed by atoms with E-state index in [-0.39, 0.29) is 25.7 Å². The molecule has 0 saturated heterocycles. The van der Waals surface area contributed by atoms with Crippen molar-refractivity contribution in [2.45, 2.75) is 316 Å². The van der Waals surface area contributed by atoms with Crippen LogP contribution in [0.5, 0.6) is 0 Å². The molecule has 0 spiro atoms. The summed E-state index contributed by atoms with van der Waals surface area (Å²) in [6, 6.07) is 0. The first-order valence-corrected chi connectivity index (χ1v) is 44.0. The number of unbranched alkanes of at least 4 members (excludes halogenated alkanes) is 19. The average Bonchev–Trinajstić information content (AvgIpc) is 0.906. The third-order valence-corrected chi connectivity index (χ3v) is 18.2. The van der Waals surface area contributed by atoms with E-state index in [4.69, 9.17) is 37.0 Å². The third kappa shape index (κ3) is 78.3. The van der Waals surface area contributed by atoms with Crippen molar-refractivity contribution >= 4 is 39.5 Å². The molecule has 0 saturated carbocycles. The van der Waals surface area contributed by atoms with Crippen LogP contribution in [0.15, 0.2) is 182 Å². The van der Waals surface area contributed by atoms with Gasteiger partial charge in [0, 0.05) is 25.7 Å². The Kier molecular flexibility index (Phi) is 75.0. The highest BCUT2D eigenvalue weighted by Gasteiger charge is 2.30. The minimum absolute atomic E-state index is 0.00153. The number of phosphoric acid groups is 2. The Morgan fingerprint density at radius 1 is 0.269 bits per heavy atom. The second-order valence-electron chi connectivity index (χ2n) is 26.6. The molecule has 612 valence electrons. The molecule has 0 aliphatic rings. The van der Waals surface area contributed by atoms with E-state index in [1.165, 1.54) is 19.3 Å². The zero-order valence-corrected chi connectivity index (χ0v) is 68.7. The quantitative estimate of drug-likeness (QED) is 0.0169. The van der Waals surface area contributed by atoms with Crippen LogP contribution < -0.4 is 0 Å². The Bertz CT molecular complexity index is 2760. The van der Waals surface area contributed by atoms with Gasteiger partial charge in [-0.05, 0) is 173 Å². The fourth-order valence-corrected chi connectivity index (χ4v) is 11.8. The fourth-order valence-electron chi connectivity index (χ4n) is 10.2.